The average molecular weight is 414 g/mol. The highest BCUT2D eigenvalue weighted by Gasteiger charge is 2.42. The number of carbonyl (C=O) groups excluding carboxylic acids is 1. The van der Waals surface area contributed by atoms with Gasteiger partial charge in [0.1, 0.15) is 0 Å². The monoisotopic (exact) mass is 413 g/mol. The van der Waals surface area contributed by atoms with Crippen molar-refractivity contribution in [2.75, 3.05) is 72.6 Å². The van der Waals surface area contributed by atoms with Crippen molar-refractivity contribution in [3.63, 3.8) is 0 Å². The second-order valence-corrected chi connectivity index (χ2v) is 8.82. The minimum absolute atomic E-state index is 0.228. The third kappa shape index (κ3) is 5.52. The summed E-state index contributed by atoms with van der Waals surface area (Å²) in [4.78, 5) is 23.5. The Morgan fingerprint density at radius 1 is 1.03 bits per heavy atom. The summed E-state index contributed by atoms with van der Waals surface area (Å²) in [5.74, 6) is 1.22. The van der Waals surface area contributed by atoms with Crippen LogP contribution in [0.2, 0.25) is 0 Å². The van der Waals surface area contributed by atoms with Crippen molar-refractivity contribution in [2.45, 2.75) is 19.3 Å². The fraction of sp³-hybridized carbons (Fsp3) is 0.652. The van der Waals surface area contributed by atoms with Gasteiger partial charge in [0.2, 0.25) is 5.91 Å². The first-order valence-electron chi connectivity index (χ1n) is 11.2. The number of nitrogens with zero attached hydrogens (tertiary/aromatic N) is 4. The van der Waals surface area contributed by atoms with E-state index in [1.54, 1.807) is 0 Å². The number of benzene rings is 1. The number of hydrogen-bond donors (Lipinski definition) is 1. The van der Waals surface area contributed by atoms with Gasteiger partial charge in [0, 0.05) is 52.9 Å². The fourth-order valence-electron chi connectivity index (χ4n) is 4.44. The van der Waals surface area contributed by atoms with Gasteiger partial charge in [-0.05, 0) is 30.2 Å². The summed E-state index contributed by atoms with van der Waals surface area (Å²) in [6.07, 6.45) is 3.70. The summed E-state index contributed by atoms with van der Waals surface area (Å²) in [5.41, 5.74) is 1.80. The quantitative estimate of drug-likeness (QED) is 0.558. The van der Waals surface area contributed by atoms with Gasteiger partial charge >= 0.3 is 0 Å². The van der Waals surface area contributed by atoms with Gasteiger partial charge in [0.15, 0.2) is 5.96 Å². The predicted molar refractivity (Wildman–Crippen MR) is 119 cm³/mol. The van der Waals surface area contributed by atoms with Crippen molar-refractivity contribution >= 4 is 11.9 Å². The lowest BCUT2D eigenvalue weighted by Crippen LogP contribution is -2.55. The van der Waals surface area contributed by atoms with Crippen LogP contribution in [0.1, 0.15) is 18.4 Å². The average Bonchev–Trinajstić information content (AvgIpc) is 3.56. The van der Waals surface area contributed by atoms with E-state index in [1.807, 2.05) is 11.9 Å². The summed E-state index contributed by atoms with van der Waals surface area (Å²) in [6.45, 7) is 7.85. The number of hydrogen-bond acceptors (Lipinski definition) is 4. The minimum atomic E-state index is 0.228. The van der Waals surface area contributed by atoms with Crippen LogP contribution in [0.4, 0.5) is 0 Å². The van der Waals surface area contributed by atoms with Crippen LogP contribution in [-0.4, -0.2) is 99.2 Å². The number of ether oxygens (including phenoxy) is 1. The van der Waals surface area contributed by atoms with Crippen LogP contribution in [0.5, 0.6) is 0 Å². The standard InChI is InChI=1S/C23H35N5O2/c1-24-22(25-19-23(7-8-23)17-20-5-3-2-4-6-20)28-11-9-26(10-12-28)18-21(29)27-13-15-30-16-14-27/h2-6H,7-19H2,1H3,(H,24,25). The van der Waals surface area contributed by atoms with E-state index in [0.717, 1.165) is 58.2 Å². The third-order valence-corrected chi connectivity index (χ3v) is 6.61. The molecule has 1 N–H and O–H groups in total. The number of aliphatic imine (C=N–C) groups is 1. The van der Waals surface area contributed by atoms with Gasteiger partial charge in [-0.25, -0.2) is 0 Å². The first-order valence-corrected chi connectivity index (χ1v) is 11.2. The lowest BCUT2D eigenvalue weighted by atomic mass is 9.96. The van der Waals surface area contributed by atoms with Crippen LogP contribution in [0.15, 0.2) is 35.3 Å². The van der Waals surface area contributed by atoms with Crippen molar-refractivity contribution in [1.82, 2.24) is 20.0 Å². The summed E-state index contributed by atoms with van der Waals surface area (Å²) in [7, 11) is 1.87. The molecule has 4 rings (SSSR count). The van der Waals surface area contributed by atoms with Gasteiger partial charge in [-0.3, -0.25) is 14.7 Å². The van der Waals surface area contributed by atoms with E-state index in [0.29, 0.717) is 25.2 Å². The normalized spacial score (nSPS) is 22.1. The Morgan fingerprint density at radius 3 is 2.37 bits per heavy atom. The summed E-state index contributed by atoms with van der Waals surface area (Å²) >= 11 is 0. The van der Waals surface area contributed by atoms with E-state index in [-0.39, 0.29) is 5.91 Å². The molecule has 1 amide bonds. The molecule has 1 saturated carbocycles. The molecule has 3 fully saturated rings. The molecule has 2 saturated heterocycles. The number of amides is 1. The Hall–Kier alpha value is -2.12. The second-order valence-electron chi connectivity index (χ2n) is 8.82. The molecular weight excluding hydrogens is 378 g/mol. The van der Waals surface area contributed by atoms with Crippen LogP contribution in [0.3, 0.4) is 0 Å². The summed E-state index contributed by atoms with van der Waals surface area (Å²) in [6, 6.07) is 10.8. The van der Waals surface area contributed by atoms with E-state index < -0.39 is 0 Å². The minimum Gasteiger partial charge on any atom is -0.378 e. The Bertz CT molecular complexity index is 720. The highest BCUT2D eigenvalue weighted by atomic mass is 16.5. The highest BCUT2D eigenvalue weighted by Crippen LogP contribution is 2.47. The molecule has 7 heteroatoms. The second kappa shape index (κ2) is 9.79. The molecule has 30 heavy (non-hydrogen) atoms. The number of morpholine rings is 1. The molecular formula is C23H35N5O2. The number of piperazine rings is 1. The van der Waals surface area contributed by atoms with E-state index in [1.165, 1.54) is 18.4 Å². The number of guanidine groups is 1. The maximum absolute atomic E-state index is 12.5. The lowest BCUT2D eigenvalue weighted by molar-refractivity contribution is -0.136. The number of rotatable bonds is 6. The van der Waals surface area contributed by atoms with E-state index >= 15 is 0 Å². The Labute approximate surface area is 180 Å². The van der Waals surface area contributed by atoms with Crippen LogP contribution < -0.4 is 5.32 Å². The molecule has 2 aliphatic heterocycles. The van der Waals surface area contributed by atoms with E-state index in [4.69, 9.17) is 4.74 Å². The molecule has 0 radical (unpaired) electrons. The molecule has 1 aromatic carbocycles. The lowest BCUT2D eigenvalue weighted by Gasteiger charge is -2.37. The molecule has 0 unspecified atom stereocenters. The zero-order valence-electron chi connectivity index (χ0n) is 18.2. The van der Waals surface area contributed by atoms with Gasteiger partial charge in [-0.15, -0.1) is 0 Å². The van der Waals surface area contributed by atoms with Gasteiger partial charge in [-0.1, -0.05) is 30.3 Å². The molecule has 7 nitrogen and oxygen atoms in total. The van der Waals surface area contributed by atoms with Crippen molar-refractivity contribution in [3.8, 4) is 0 Å². The predicted octanol–water partition coefficient (Wildman–Crippen LogP) is 1.06. The van der Waals surface area contributed by atoms with Crippen molar-refractivity contribution < 1.29 is 9.53 Å². The number of carbonyl (C=O) groups is 1. The van der Waals surface area contributed by atoms with Crippen molar-refractivity contribution in [3.05, 3.63) is 35.9 Å². The SMILES string of the molecule is CN=C(NCC1(Cc2ccccc2)CC1)N1CCN(CC(=O)N2CCOCC2)CC1. The van der Waals surface area contributed by atoms with E-state index in [2.05, 4.69) is 50.4 Å². The molecule has 0 aromatic heterocycles. The molecule has 3 aliphatic rings. The van der Waals surface area contributed by atoms with Crippen LogP contribution in [0.25, 0.3) is 0 Å². The van der Waals surface area contributed by atoms with Gasteiger partial charge in [0.25, 0.3) is 0 Å². The zero-order chi connectivity index (χ0) is 20.8. The van der Waals surface area contributed by atoms with Crippen LogP contribution in [0, 0.1) is 5.41 Å². The van der Waals surface area contributed by atoms with Crippen LogP contribution in [-0.2, 0) is 16.0 Å². The maximum Gasteiger partial charge on any atom is 0.236 e. The van der Waals surface area contributed by atoms with Gasteiger partial charge < -0.3 is 19.9 Å². The number of nitrogens with one attached hydrogen (secondary N) is 1. The first kappa shape index (κ1) is 21.1. The van der Waals surface area contributed by atoms with Gasteiger partial charge in [-0.2, -0.15) is 0 Å². The molecule has 0 spiro atoms. The Morgan fingerprint density at radius 2 is 1.73 bits per heavy atom. The maximum atomic E-state index is 12.5. The fourth-order valence-corrected chi connectivity index (χ4v) is 4.44. The van der Waals surface area contributed by atoms with Gasteiger partial charge in [0.05, 0.1) is 19.8 Å². The molecule has 0 bridgehead atoms. The molecule has 2 heterocycles. The third-order valence-electron chi connectivity index (χ3n) is 6.61. The molecule has 1 aromatic rings. The zero-order valence-corrected chi connectivity index (χ0v) is 18.2. The molecule has 0 atom stereocenters. The summed E-state index contributed by atoms with van der Waals surface area (Å²) < 4.78 is 5.34. The smallest absolute Gasteiger partial charge is 0.236 e. The molecule has 1 aliphatic carbocycles. The Balaban J connectivity index is 1.21. The van der Waals surface area contributed by atoms with Crippen LogP contribution >= 0.6 is 0 Å². The van der Waals surface area contributed by atoms with Crippen molar-refractivity contribution in [2.24, 2.45) is 10.4 Å². The van der Waals surface area contributed by atoms with Crippen molar-refractivity contribution in [1.29, 1.82) is 0 Å². The highest BCUT2D eigenvalue weighted by molar-refractivity contribution is 5.80. The topological polar surface area (TPSA) is 60.4 Å². The summed E-state index contributed by atoms with van der Waals surface area (Å²) in [5, 5.41) is 3.64. The first-order chi connectivity index (χ1) is 14.7. The van der Waals surface area contributed by atoms with E-state index in [9.17, 15) is 4.79 Å². The Kier molecular flexibility index (Phi) is 6.89. The molecule has 164 valence electrons. The largest absolute Gasteiger partial charge is 0.378 e.